The van der Waals surface area contributed by atoms with Crippen molar-refractivity contribution in [2.75, 3.05) is 0 Å². The quantitative estimate of drug-likeness (QED) is 0.636. The van der Waals surface area contributed by atoms with Gasteiger partial charge in [0.1, 0.15) is 16.5 Å². The van der Waals surface area contributed by atoms with Crippen molar-refractivity contribution in [3.8, 4) is 0 Å². The number of halogens is 1. The molecule has 0 aliphatic heterocycles. The van der Waals surface area contributed by atoms with Crippen LogP contribution in [0.1, 0.15) is 36.7 Å². The van der Waals surface area contributed by atoms with Gasteiger partial charge in [0.05, 0.1) is 0 Å². The average Bonchev–Trinajstić information content (AvgIpc) is 2.26. The summed E-state index contributed by atoms with van der Waals surface area (Å²) in [5, 5.41) is 2.01. The van der Waals surface area contributed by atoms with Crippen molar-refractivity contribution < 1.29 is 0 Å². The molecule has 2 aromatic rings. The number of hydrogen-bond acceptors (Lipinski definition) is 5. The molecule has 0 unspecified atom stereocenters. The number of aryl methyl sites for hydroxylation is 2. The molecule has 2 heterocycles. The molecule has 0 bridgehead atoms. The van der Waals surface area contributed by atoms with Crippen LogP contribution in [0.2, 0.25) is 5.15 Å². The Balaban J connectivity index is 2.40. The standard InChI is InChI=1S/C13H15ClN4S/c1-7(2)10-11(14)15-6-16-12(10)19-13-17-8(3)5-9(4)18-13/h5-7H,1-4H3. The van der Waals surface area contributed by atoms with Gasteiger partial charge in [-0.05, 0) is 37.6 Å². The van der Waals surface area contributed by atoms with Crippen LogP contribution in [0.15, 0.2) is 22.6 Å². The smallest absolute Gasteiger partial charge is 0.194 e. The maximum atomic E-state index is 6.15. The molecule has 100 valence electrons. The van der Waals surface area contributed by atoms with E-state index in [4.69, 9.17) is 11.6 Å². The Kier molecular flexibility index (Phi) is 4.37. The summed E-state index contributed by atoms with van der Waals surface area (Å²) >= 11 is 7.58. The summed E-state index contributed by atoms with van der Waals surface area (Å²) in [5.41, 5.74) is 2.83. The van der Waals surface area contributed by atoms with Crippen molar-refractivity contribution in [1.29, 1.82) is 0 Å². The molecule has 0 aromatic carbocycles. The molecule has 19 heavy (non-hydrogen) atoms. The first-order chi connectivity index (χ1) is 8.97. The molecule has 2 rings (SSSR count). The fraction of sp³-hybridized carbons (Fsp3) is 0.385. The largest absolute Gasteiger partial charge is 0.229 e. The van der Waals surface area contributed by atoms with Crippen molar-refractivity contribution >= 4 is 23.4 Å². The van der Waals surface area contributed by atoms with E-state index in [1.165, 1.54) is 18.1 Å². The van der Waals surface area contributed by atoms with E-state index in [1.54, 1.807) is 0 Å². The molecule has 0 spiro atoms. The molecule has 0 aliphatic rings. The van der Waals surface area contributed by atoms with Crippen LogP contribution in [0, 0.1) is 13.8 Å². The predicted octanol–water partition coefficient (Wildman–Crippen LogP) is 3.81. The van der Waals surface area contributed by atoms with Gasteiger partial charge in [0, 0.05) is 17.0 Å². The molecule has 0 amide bonds. The first kappa shape index (κ1) is 14.2. The summed E-state index contributed by atoms with van der Waals surface area (Å²) in [4.78, 5) is 17.2. The van der Waals surface area contributed by atoms with Crippen molar-refractivity contribution in [1.82, 2.24) is 19.9 Å². The lowest BCUT2D eigenvalue weighted by Gasteiger charge is -2.11. The van der Waals surface area contributed by atoms with Crippen molar-refractivity contribution in [3.05, 3.63) is 34.5 Å². The molecule has 4 nitrogen and oxygen atoms in total. The third kappa shape index (κ3) is 3.42. The maximum absolute atomic E-state index is 6.15. The van der Waals surface area contributed by atoms with Gasteiger partial charge in [-0.2, -0.15) is 0 Å². The fourth-order valence-electron chi connectivity index (χ4n) is 1.75. The summed E-state index contributed by atoms with van der Waals surface area (Å²) in [5.74, 6) is 0.252. The SMILES string of the molecule is Cc1cc(C)nc(Sc2ncnc(Cl)c2C(C)C)n1. The van der Waals surface area contributed by atoms with E-state index in [9.17, 15) is 0 Å². The fourth-order valence-corrected chi connectivity index (χ4v) is 3.25. The minimum absolute atomic E-state index is 0.252. The van der Waals surface area contributed by atoms with E-state index in [1.807, 2.05) is 19.9 Å². The van der Waals surface area contributed by atoms with Gasteiger partial charge < -0.3 is 0 Å². The Morgan fingerprint density at radius 1 is 1.11 bits per heavy atom. The predicted molar refractivity (Wildman–Crippen MR) is 76.8 cm³/mol. The van der Waals surface area contributed by atoms with E-state index in [0.717, 1.165) is 22.0 Å². The Bertz CT molecular complexity index is 581. The van der Waals surface area contributed by atoms with Crippen molar-refractivity contribution in [2.24, 2.45) is 0 Å². The second kappa shape index (κ2) is 5.84. The van der Waals surface area contributed by atoms with Crippen LogP contribution >= 0.6 is 23.4 Å². The zero-order valence-corrected chi connectivity index (χ0v) is 12.9. The van der Waals surface area contributed by atoms with Crippen LogP contribution in [-0.2, 0) is 0 Å². The van der Waals surface area contributed by atoms with Crippen LogP contribution in [-0.4, -0.2) is 19.9 Å². The summed E-state index contributed by atoms with van der Waals surface area (Å²) < 4.78 is 0. The number of rotatable bonds is 3. The molecule has 0 radical (unpaired) electrons. The van der Waals surface area contributed by atoms with E-state index in [2.05, 4.69) is 33.8 Å². The first-order valence-corrected chi connectivity index (χ1v) is 7.17. The Morgan fingerprint density at radius 3 is 2.32 bits per heavy atom. The Hall–Kier alpha value is -1.20. The highest BCUT2D eigenvalue weighted by Gasteiger charge is 2.15. The molecule has 0 saturated carbocycles. The Labute approximate surface area is 122 Å². The minimum atomic E-state index is 0.252. The van der Waals surface area contributed by atoms with E-state index in [-0.39, 0.29) is 5.92 Å². The second-order valence-electron chi connectivity index (χ2n) is 4.57. The van der Waals surface area contributed by atoms with Crippen LogP contribution in [0.5, 0.6) is 0 Å². The zero-order chi connectivity index (χ0) is 14.0. The van der Waals surface area contributed by atoms with Gasteiger partial charge in [-0.1, -0.05) is 25.4 Å². The molecule has 0 saturated heterocycles. The number of aromatic nitrogens is 4. The normalized spacial score (nSPS) is 11.1. The summed E-state index contributed by atoms with van der Waals surface area (Å²) in [7, 11) is 0. The zero-order valence-electron chi connectivity index (χ0n) is 11.3. The third-order valence-corrected chi connectivity index (χ3v) is 3.71. The molecule has 0 atom stereocenters. The van der Waals surface area contributed by atoms with Crippen LogP contribution < -0.4 is 0 Å². The van der Waals surface area contributed by atoms with Gasteiger partial charge in [-0.25, -0.2) is 19.9 Å². The van der Waals surface area contributed by atoms with Gasteiger partial charge in [-0.3, -0.25) is 0 Å². The van der Waals surface area contributed by atoms with Crippen molar-refractivity contribution in [3.63, 3.8) is 0 Å². The van der Waals surface area contributed by atoms with Gasteiger partial charge in [0.2, 0.25) is 0 Å². The molecule has 0 aliphatic carbocycles. The number of hydrogen-bond donors (Lipinski definition) is 0. The minimum Gasteiger partial charge on any atom is -0.229 e. The van der Waals surface area contributed by atoms with Gasteiger partial charge in [0.15, 0.2) is 5.16 Å². The lowest BCUT2D eigenvalue weighted by molar-refractivity contribution is 0.799. The van der Waals surface area contributed by atoms with Crippen LogP contribution in [0.4, 0.5) is 0 Å². The van der Waals surface area contributed by atoms with Crippen molar-refractivity contribution in [2.45, 2.75) is 43.8 Å². The molecule has 0 N–H and O–H groups in total. The highest BCUT2D eigenvalue weighted by atomic mass is 35.5. The maximum Gasteiger partial charge on any atom is 0.194 e. The van der Waals surface area contributed by atoms with Crippen LogP contribution in [0.3, 0.4) is 0 Å². The number of nitrogens with zero attached hydrogens (tertiary/aromatic N) is 4. The summed E-state index contributed by atoms with van der Waals surface area (Å²) in [6.45, 7) is 8.04. The lowest BCUT2D eigenvalue weighted by Crippen LogP contribution is -1.99. The molecule has 6 heteroatoms. The summed E-state index contributed by atoms with van der Waals surface area (Å²) in [6, 6.07) is 1.94. The topological polar surface area (TPSA) is 51.6 Å². The summed E-state index contributed by atoms with van der Waals surface area (Å²) in [6.07, 6.45) is 1.47. The van der Waals surface area contributed by atoms with E-state index in [0.29, 0.717) is 10.3 Å². The van der Waals surface area contributed by atoms with Gasteiger partial charge in [0.25, 0.3) is 0 Å². The highest BCUT2D eigenvalue weighted by Crippen LogP contribution is 2.33. The molecular formula is C13H15ClN4S. The van der Waals surface area contributed by atoms with E-state index < -0.39 is 0 Å². The lowest BCUT2D eigenvalue weighted by atomic mass is 10.1. The van der Waals surface area contributed by atoms with Gasteiger partial charge >= 0.3 is 0 Å². The van der Waals surface area contributed by atoms with Gasteiger partial charge in [-0.15, -0.1) is 0 Å². The monoisotopic (exact) mass is 294 g/mol. The molecule has 0 fully saturated rings. The third-order valence-electron chi connectivity index (χ3n) is 2.53. The Morgan fingerprint density at radius 2 is 1.74 bits per heavy atom. The van der Waals surface area contributed by atoms with Crippen LogP contribution in [0.25, 0.3) is 0 Å². The molecule has 2 aromatic heterocycles. The first-order valence-electron chi connectivity index (χ1n) is 5.98. The second-order valence-corrected chi connectivity index (χ2v) is 5.89. The van der Waals surface area contributed by atoms with E-state index >= 15 is 0 Å². The molecular weight excluding hydrogens is 280 g/mol. The highest BCUT2D eigenvalue weighted by molar-refractivity contribution is 7.99. The average molecular weight is 295 g/mol.